The van der Waals surface area contributed by atoms with Gasteiger partial charge in [0, 0.05) is 23.6 Å². The minimum absolute atomic E-state index is 0.0592. The van der Waals surface area contributed by atoms with E-state index in [0.29, 0.717) is 23.6 Å². The van der Waals surface area contributed by atoms with E-state index in [4.69, 9.17) is 9.47 Å². The second-order valence-corrected chi connectivity index (χ2v) is 10.5. The van der Waals surface area contributed by atoms with Gasteiger partial charge in [-0.2, -0.15) is 11.8 Å². The number of ether oxygens (including phenoxy) is 2. The molecule has 31 heavy (non-hydrogen) atoms. The number of thioether (sulfide) groups is 1. The van der Waals surface area contributed by atoms with Crippen LogP contribution in [-0.2, 0) is 20.7 Å². The average Bonchev–Trinajstić information content (AvgIpc) is 3.17. The van der Waals surface area contributed by atoms with Crippen LogP contribution in [-0.4, -0.2) is 48.6 Å². The van der Waals surface area contributed by atoms with Gasteiger partial charge in [-0.05, 0) is 76.4 Å². The normalized spacial score (nSPS) is 20.9. The van der Waals surface area contributed by atoms with Gasteiger partial charge in [0.15, 0.2) is 5.60 Å². The first-order valence-corrected chi connectivity index (χ1v) is 12.5. The maximum atomic E-state index is 13.1. The molecule has 2 rings (SSSR count). The van der Waals surface area contributed by atoms with Crippen LogP contribution >= 0.6 is 11.8 Å². The highest BCUT2D eigenvalue weighted by atomic mass is 32.2. The van der Waals surface area contributed by atoms with E-state index in [9.17, 15) is 9.59 Å². The Kier molecular flexibility index (Phi) is 9.02. The molecule has 1 aliphatic heterocycles. The molecule has 0 bridgehead atoms. The van der Waals surface area contributed by atoms with Crippen LogP contribution in [0.25, 0.3) is 0 Å². The Labute approximate surface area is 192 Å². The van der Waals surface area contributed by atoms with E-state index in [2.05, 4.69) is 37.6 Å². The largest absolute Gasteiger partial charge is 0.476 e. The van der Waals surface area contributed by atoms with Crippen LogP contribution < -0.4 is 10.1 Å². The van der Waals surface area contributed by atoms with Gasteiger partial charge < -0.3 is 14.8 Å². The number of carbonyl (C=O) groups excluding carboxylic acids is 2. The lowest BCUT2D eigenvalue weighted by Gasteiger charge is -2.27. The van der Waals surface area contributed by atoms with Gasteiger partial charge in [0.1, 0.15) is 11.5 Å². The SMILES string of the molecule is CCOC(=O)C(C)(C)Oc1c(C)cc(CC2CNC[C@H]2C(=O)[C@@H](C)C(C)SC)cc1C. The van der Waals surface area contributed by atoms with Crippen molar-refractivity contribution in [2.24, 2.45) is 17.8 Å². The number of hydrogen-bond donors (Lipinski definition) is 1. The zero-order valence-corrected chi connectivity index (χ0v) is 21.2. The standard InChI is InChI=1S/C25H39NO4S/c1-9-29-24(28)25(6,7)30-23-15(2)10-19(11-16(23)3)12-20-13-26-14-21(20)22(27)17(4)18(5)31-8/h10-11,17-18,20-21,26H,9,12-14H2,1-8H3/t17-,18?,20?,21+/m0/s1. The summed E-state index contributed by atoms with van der Waals surface area (Å²) in [7, 11) is 0. The Morgan fingerprint density at radius 2 is 1.81 bits per heavy atom. The van der Waals surface area contributed by atoms with Gasteiger partial charge in [0.2, 0.25) is 0 Å². The summed E-state index contributed by atoms with van der Waals surface area (Å²) in [5.41, 5.74) is 2.13. The molecule has 0 aromatic heterocycles. The molecule has 1 aliphatic rings. The van der Waals surface area contributed by atoms with Crippen molar-refractivity contribution in [3.63, 3.8) is 0 Å². The summed E-state index contributed by atoms with van der Waals surface area (Å²) in [5.74, 6) is 1.15. The van der Waals surface area contributed by atoms with E-state index in [1.165, 1.54) is 5.56 Å². The van der Waals surface area contributed by atoms with Crippen LogP contribution in [0.4, 0.5) is 0 Å². The summed E-state index contributed by atoms with van der Waals surface area (Å²) in [4.78, 5) is 25.3. The van der Waals surface area contributed by atoms with Crippen molar-refractivity contribution >= 4 is 23.5 Å². The molecule has 6 heteroatoms. The van der Waals surface area contributed by atoms with Gasteiger partial charge in [-0.1, -0.05) is 26.0 Å². The van der Waals surface area contributed by atoms with Gasteiger partial charge in [-0.25, -0.2) is 4.79 Å². The van der Waals surface area contributed by atoms with E-state index in [-0.39, 0.29) is 17.8 Å². The van der Waals surface area contributed by atoms with Gasteiger partial charge in [-0.15, -0.1) is 0 Å². The molecular weight excluding hydrogens is 410 g/mol. The van der Waals surface area contributed by atoms with Crippen LogP contribution in [0.15, 0.2) is 12.1 Å². The number of ketones is 1. The molecule has 0 saturated carbocycles. The van der Waals surface area contributed by atoms with Crippen LogP contribution in [0.3, 0.4) is 0 Å². The third kappa shape index (κ3) is 6.26. The van der Waals surface area contributed by atoms with E-state index in [0.717, 1.165) is 36.4 Å². The van der Waals surface area contributed by atoms with Crippen molar-refractivity contribution < 1.29 is 19.1 Å². The van der Waals surface area contributed by atoms with Crippen molar-refractivity contribution in [3.05, 3.63) is 28.8 Å². The summed E-state index contributed by atoms with van der Waals surface area (Å²) >= 11 is 1.75. The highest BCUT2D eigenvalue weighted by Crippen LogP contribution is 2.32. The molecule has 1 fully saturated rings. The fourth-order valence-corrected chi connectivity index (χ4v) is 4.82. The predicted octanol–water partition coefficient (Wildman–Crippen LogP) is 4.36. The quantitative estimate of drug-likeness (QED) is 0.536. The lowest BCUT2D eigenvalue weighted by molar-refractivity contribution is -0.158. The van der Waals surface area contributed by atoms with E-state index >= 15 is 0 Å². The molecule has 0 amide bonds. The zero-order chi connectivity index (χ0) is 23.3. The summed E-state index contributed by atoms with van der Waals surface area (Å²) in [6.45, 7) is 15.4. The van der Waals surface area contributed by atoms with Gasteiger partial charge >= 0.3 is 5.97 Å². The molecule has 4 atom stereocenters. The number of rotatable bonds is 10. The molecule has 1 heterocycles. The Balaban J connectivity index is 2.16. The third-order valence-corrected chi connectivity index (χ3v) is 7.52. The second-order valence-electron chi connectivity index (χ2n) is 9.25. The molecule has 5 nitrogen and oxygen atoms in total. The maximum Gasteiger partial charge on any atom is 0.349 e. The molecule has 0 spiro atoms. The Bertz CT molecular complexity index is 769. The number of esters is 1. The summed E-state index contributed by atoms with van der Waals surface area (Å²) < 4.78 is 11.2. The minimum Gasteiger partial charge on any atom is -0.476 e. The molecule has 0 radical (unpaired) electrons. The summed E-state index contributed by atoms with van der Waals surface area (Å²) in [6.07, 6.45) is 2.92. The molecule has 1 aromatic rings. The second kappa shape index (κ2) is 10.9. The Morgan fingerprint density at radius 3 is 2.35 bits per heavy atom. The van der Waals surface area contributed by atoms with Crippen LogP contribution in [0.1, 0.15) is 51.3 Å². The molecule has 1 aromatic carbocycles. The molecule has 0 aliphatic carbocycles. The zero-order valence-electron chi connectivity index (χ0n) is 20.3. The first-order valence-electron chi connectivity index (χ1n) is 11.2. The van der Waals surface area contributed by atoms with Crippen molar-refractivity contribution in [1.82, 2.24) is 5.32 Å². The molecule has 1 saturated heterocycles. The molecule has 174 valence electrons. The van der Waals surface area contributed by atoms with Gasteiger partial charge in [0.05, 0.1) is 6.61 Å². The van der Waals surface area contributed by atoms with Crippen molar-refractivity contribution in [3.8, 4) is 5.75 Å². The number of carbonyl (C=O) groups is 2. The average molecular weight is 450 g/mol. The number of nitrogens with one attached hydrogen (secondary N) is 1. The van der Waals surface area contributed by atoms with Crippen LogP contribution in [0.5, 0.6) is 5.75 Å². The first kappa shape index (κ1) is 25.7. The van der Waals surface area contributed by atoms with E-state index < -0.39 is 5.60 Å². The lowest BCUT2D eigenvalue weighted by Crippen LogP contribution is -2.40. The van der Waals surface area contributed by atoms with Gasteiger partial charge in [0.25, 0.3) is 0 Å². The molecule has 1 N–H and O–H groups in total. The van der Waals surface area contributed by atoms with Crippen molar-refractivity contribution in [1.29, 1.82) is 0 Å². The van der Waals surface area contributed by atoms with Crippen molar-refractivity contribution in [2.45, 2.75) is 65.7 Å². The fourth-order valence-electron chi connectivity index (χ4n) is 4.28. The minimum atomic E-state index is -1.05. The Morgan fingerprint density at radius 1 is 1.19 bits per heavy atom. The van der Waals surface area contributed by atoms with Gasteiger partial charge in [-0.3, -0.25) is 4.79 Å². The lowest BCUT2D eigenvalue weighted by atomic mass is 9.81. The number of Topliss-reactive ketones (excluding diaryl/α,β-unsaturated/α-hetero) is 1. The summed E-state index contributed by atoms with van der Waals surface area (Å²) in [5, 5.41) is 3.76. The summed E-state index contributed by atoms with van der Waals surface area (Å²) in [6, 6.07) is 4.24. The fraction of sp³-hybridized carbons (Fsp3) is 0.680. The monoisotopic (exact) mass is 449 g/mol. The topological polar surface area (TPSA) is 64.6 Å². The highest BCUT2D eigenvalue weighted by Gasteiger charge is 2.37. The van der Waals surface area contributed by atoms with Crippen LogP contribution in [0, 0.1) is 31.6 Å². The molecular formula is C25H39NO4S. The third-order valence-electron chi connectivity index (χ3n) is 6.37. The van der Waals surface area contributed by atoms with E-state index in [1.54, 1.807) is 32.5 Å². The maximum absolute atomic E-state index is 13.1. The Hall–Kier alpha value is -1.53. The first-order chi connectivity index (χ1) is 14.5. The predicted molar refractivity (Wildman–Crippen MR) is 128 cm³/mol. The number of hydrogen-bond acceptors (Lipinski definition) is 6. The smallest absolute Gasteiger partial charge is 0.349 e. The number of benzene rings is 1. The van der Waals surface area contributed by atoms with Crippen LogP contribution in [0.2, 0.25) is 0 Å². The molecule has 2 unspecified atom stereocenters. The highest BCUT2D eigenvalue weighted by molar-refractivity contribution is 7.99. The number of aryl methyl sites for hydroxylation is 2. The van der Waals surface area contributed by atoms with Crippen molar-refractivity contribution in [2.75, 3.05) is 26.0 Å². The van der Waals surface area contributed by atoms with E-state index in [1.807, 2.05) is 13.8 Å².